The number of nitrogens with zero attached hydrogens (tertiary/aromatic N) is 4. The van der Waals surface area contributed by atoms with Crippen molar-refractivity contribution in [2.24, 2.45) is 0 Å². The average Bonchev–Trinajstić information content (AvgIpc) is 3.10. The van der Waals surface area contributed by atoms with E-state index in [4.69, 9.17) is 9.52 Å². The SMILES string of the molecule is C[C@H](Cc1ccco1)Nc1ncnc2c1cnn2CCO. The Hall–Kier alpha value is -2.41. The number of fused-ring (bicyclic) bond motifs is 1. The van der Waals surface area contributed by atoms with E-state index in [0.717, 1.165) is 23.4 Å². The van der Waals surface area contributed by atoms with Crippen LogP contribution in [0, 0.1) is 0 Å². The molecule has 0 unspecified atom stereocenters. The molecule has 3 aromatic rings. The molecule has 0 aliphatic heterocycles. The molecule has 0 radical (unpaired) electrons. The second-order valence-corrected chi connectivity index (χ2v) is 4.88. The van der Waals surface area contributed by atoms with Gasteiger partial charge in [0.25, 0.3) is 0 Å². The van der Waals surface area contributed by atoms with Crippen molar-refractivity contribution in [3.8, 4) is 0 Å². The fraction of sp³-hybridized carbons (Fsp3) is 0.357. The molecule has 7 nitrogen and oxygen atoms in total. The fourth-order valence-electron chi connectivity index (χ4n) is 2.28. The van der Waals surface area contributed by atoms with Crippen molar-refractivity contribution in [2.45, 2.75) is 25.9 Å². The molecule has 110 valence electrons. The van der Waals surface area contributed by atoms with Gasteiger partial charge in [-0.15, -0.1) is 0 Å². The molecule has 0 saturated heterocycles. The van der Waals surface area contributed by atoms with Gasteiger partial charge in [0.05, 0.1) is 31.0 Å². The van der Waals surface area contributed by atoms with Crippen molar-refractivity contribution < 1.29 is 9.52 Å². The maximum atomic E-state index is 9.03. The van der Waals surface area contributed by atoms with Gasteiger partial charge >= 0.3 is 0 Å². The molecular formula is C14H17N5O2. The lowest BCUT2D eigenvalue weighted by molar-refractivity contribution is 0.271. The van der Waals surface area contributed by atoms with Crippen LogP contribution in [0.1, 0.15) is 12.7 Å². The molecule has 2 N–H and O–H groups in total. The van der Waals surface area contributed by atoms with E-state index in [-0.39, 0.29) is 12.6 Å². The lowest BCUT2D eigenvalue weighted by Crippen LogP contribution is -2.18. The van der Waals surface area contributed by atoms with Crippen molar-refractivity contribution >= 4 is 16.9 Å². The van der Waals surface area contributed by atoms with Crippen LogP contribution >= 0.6 is 0 Å². The first kappa shape index (κ1) is 13.6. The molecule has 0 aromatic carbocycles. The first-order chi connectivity index (χ1) is 10.3. The Morgan fingerprint density at radius 2 is 2.33 bits per heavy atom. The smallest absolute Gasteiger partial charge is 0.163 e. The molecular weight excluding hydrogens is 270 g/mol. The molecule has 3 rings (SSSR count). The summed E-state index contributed by atoms with van der Waals surface area (Å²) >= 11 is 0. The molecule has 0 bridgehead atoms. The Labute approximate surface area is 121 Å². The summed E-state index contributed by atoms with van der Waals surface area (Å²) in [6, 6.07) is 3.99. The second kappa shape index (κ2) is 5.92. The zero-order chi connectivity index (χ0) is 14.7. The fourth-order valence-corrected chi connectivity index (χ4v) is 2.28. The number of aliphatic hydroxyl groups is 1. The minimum absolute atomic E-state index is 0.0262. The highest BCUT2D eigenvalue weighted by molar-refractivity contribution is 5.86. The minimum atomic E-state index is 0.0262. The third-order valence-corrected chi connectivity index (χ3v) is 3.22. The van der Waals surface area contributed by atoms with Gasteiger partial charge in [-0.1, -0.05) is 0 Å². The Balaban J connectivity index is 1.80. The summed E-state index contributed by atoms with van der Waals surface area (Å²) in [4.78, 5) is 8.50. The van der Waals surface area contributed by atoms with Crippen LogP contribution in [0.15, 0.2) is 35.3 Å². The van der Waals surface area contributed by atoms with Crippen LogP contribution in [0.4, 0.5) is 5.82 Å². The van der Waals surface area contributed by atoms with E-state index in [9.17, 15) is 0 Å². The number of hydrogen-bond acceptors (Lipinski definition) is 6. The van der Waals surface area contributed by atoms with Gasteiger partial charge in [0, 0.05) is 12.5 Å². The van der Waals surface area contributed by atoms with Crippen LogP contribution in [0.5, 0.6) is 0 Å². The van der Waals surface area contributed by atoms with E-state index in [1.54, 1.807) is 17.1 Å². The van der Waals surface area contributed by atoms with Gasteiger partial charge < -0.3 is 14.8 Å². The number of anilines is 1. The topological polar surface area (TPSA) is 89.0 Å². The quantitative estimate of drug-likeness (QED) is 0.713. The molecule has 7 heteroatoms. The second-order valence-electron chi connectivity index (χ2n) is 4.88. The van der Waals surface area contributed by atoms with Crippen LogP contribution in [-0.2, 0) is 13.0 Å². The van der Waals surface area contributed by atoms with Crippen molar-refractivity contribution in [1.82, 2.24) is 19.7 Å². The normalized spacial score (nSPS) is 12.7. The van der Waals surface area contributed by atoms with Gasteiger partial charge in [-0.05, 0) is 19.1 Å². The summed E-state index contributed by atoms with van der Waals surface area (Å²) < 4.78 is 7.01. The zero-order valence-corrected chi connectivity index (χ0v) is 11.7. The van der Waals surface area contributed by atoms with Gasteiger partial charge in [0.2, 0.25) is 0 Å². The summed E-state index contributed by atoms with van der Waals surface area (Å²) in [6.07, 6.45) is 5.65. The van der Waals surface area contributed by atoms with E-state index in [0.29, 0.717) is 12.2 Å². The van der Waals surface area contributed by atoms with Crippen LogP contribution in [-0.4, -0.2) is 37.5 Å². The number of hydrogen-bond donors (Lipinski definition) is 2. The maximum absolute atomic E-state index is 9.03. The summed E-state index contributed by atoms with van der Waals surface area (Å²) in [7, 11) is 0. The van der Waals surface area contributed by atoms with Gasteiger partial charge in [0.15, 0.2) is 5.65 Å². The molecule has 0 spiro atoms. The monoisotopic (exact) mass is 287 g/mol. The highest BCUT2D eigenvalue weighted by atomic mass is 16.3. The first-order valence-corrected chi connectivity index (χ1v) is 6.84. The Morgan fingerprint density at radius 3 is 3.10 bits per heavy atom. The van der Waals surface area contributed by atoms with Crippen molar-refractivity contribution in [3.63, 3.8) is 0 Å². The molecule has 1 atom stereocenters. The standard InChI is InChI=1S/C14H17N5O2/c1-10(7-11-3-2-6-21-11)18-13-12-8-17-19(4-5-20)14(12)16-9-15-13/h2-3,6,8-10,20H,4-5,7H2,1H3,(H,15,16,18)/t10-/m1/s1. The third-order valence-electron chi connectivity index (χ3n) is 3.22. The van der Waals surface area contributed by atoms with E-state index >= 15 is 0 Å². The summed E-state index contributed by atoms with van der Waals surface area (Å²) in [5, 5.41) is 17.4. The predicted molar refractivity (Wildman–Crippen MR) is 77.9 cm³/mol. The number of aliphatic hydroxyl groups excluding tert-OH is 1. The first-order valence-electron chi connectivity index (χ1n) is 6.84. The highest BCUT2D eigenvalue weighted by Crippen LogP contribution is 2.20. The molecule has 0 aliphatic rings. The minimum Gasteiger partial charge on any atom is -0.469 e. The molecule has 3 heterocycles. The molecule has 3 aromatic heterocycles. The summed E-state index contributed by atoms with van der Waals surface area (Å²) in [5.41, 5.74) is 0.715. The van der Waals surface area contributed by atoms with Crippen molar-refractivity contribution in [2.75, 3.05) is 11.9 Å². The Bertz CT molecular complexity index is 707. The molecule has 0 aliphatic carbocycles. The van der Waals surface area contributed by atoms with Crippen LogP contribution < -0.4 is 5.32 Å². The van der Waals surface area contributed by atoms with E-state index in [1.165, 1.54) is 6.33 Å². The lowest BCUT2D eigenvalue weighted by Gasteiger charge is -2.13. The zero-order valence-electron chi connectivity index (χ0n) is 11.7. The number of furan rings is 1. The van der Waals surface area contributed by atoms with Crippen molar-refractivity contribution in [1.29, 1.82) is 0 Å². The summed E-state index contributed by atoms with van der Waals surface area (Å²) in [5.74, 6) is 1.67. The molecule has 0 amide bonds. The average molecular weight is 287 g/mol. The largest absolute Gasteiger partial charge is 0.469 e. The number of nitrogens with one attached hydrogen (secondary N) is 1. The maximum Gasteiger partial charge on any atom is 0.163 e. The van der Waals surface area contributed by atoms with Crippen LogP contribution in [0.3, 0.4) is 0 Å². The van der Waals surface area contributed by atoms with Crippen molar-refractivity contribution in [3.05, 3.63) is 36.7 Å². The van der Waals surface area contributed by atoms with Gasteiger partial charge in [0.1, 0.15) is 17.9 Å². The van der Waals surface area contributed by atoms with Gasteiger partial charge in [-0.2, -0.15) is 5.10 Å². The van der Waals surface area contributed by atoms with Crippen LogP contribution in [0.25, 0.3) is 11.0 Å². The molecule has 0 fully saturated rings. The van der Waals surface area contributed by atoms with E-state index in [1.807, 2.05) is 12.1 Å². The van der Waals surface area contributed by atoms with Gasteiger partial charge in [-0.3, -0.25) is 0 Å². The Kier molecular flexibility index (Phi) is 3.83. The number of aromatic nitrogens is 4. The lowest BCUT2D eigenvalue weighted by atomic mass is 10.2. The van der Waals surface area contributed by atoms with E-state index in [2.05, 4.69) is 27.3 Å². The summed E-state index contributed by atoms with van der Waals surface area (Å²) in [6.45, 7) is 2.51. The Morgan fingerprint density at radius 1 is 1.43 bits per heavy atom. The number of rotatable bonds is 6. The van der Waals surface area contributed by atoms with Gasteiger partial charge in [-0.25, -0.2) is 14.6 Å². The molecule has 0 saturated carbocycles. The third kappa shape index (κ3) is 2.87. The van der Waals surface area contributed by atoms with E-state index < -0.39 is 0 Å². The van der Waals surface area contributed by atoms with Crippen LogP contribution in [0.2, 0.25) is 0 Å². The predicted octanol–water partition coefficient (Wildman–Crippen LogP) is 1.45. The molecule has 21 heavy (non-hydrogen) atoms. The highest BCUT2D eigenvalue weighted by Gasteiger charge is 2.12.